The Morgan fingerprint density at radius 2 is 1.60 bits per heavy atom. The molecule has 1 atom stereocenters. The molecule has 0 aromatic rings. The van der Waals surface area contributed by atoms with Gasteiger partial charge in [0.1, 0.15) is 0 Å². The van der Waals surface area contributed by atoms with Crippen molar-refractivity contribution in [1.82, 2.24) is 14.7 Å². The van der Waals surface area contributed by atoms with E-state index in [0.717, 1.165) is 39.1 Å². The lowest BCUT2D eigenvalue weighted by Crippen LogP contribution is -2.53. The molecular formula is C16H33N3O. The van der Waals surface area contributed by atoms with Crippen molar-refractivity contribution in [2.24, 2.45) is 11.8 Å². The highest BCUT2D eigenvalue weighted by molar-refractivity contribution is 5.79. The van der Waals surface area contributed by atoms with E-state index in [2.05, 4.69) is 56.5 Å². The van der Waals surface area contributed by atoms with Gasteiger partial charge in [-0.1, -0.05) is 13.8 Å². The second-order valence-corrected chi connectivity index (χ2v) is 7.04. The number of carbonyl (C=O) groups is 1. The Morgan fingerprint density at radius 3 is 2.00 bits per heavy atom. The number of nitrogens with zero attached hydrogens (tertiary/aromatic N) is 3. The SMILES string of the molecule is CC(C)CC(CN(C)C)C(=O)N1CCN(C(C)C)CC1. The Labute approximate surface area is 125 Å². The van der Waals surface area contributed by atoms with E-state index in [4.69, 9.17) is 0 Å². The standard InChI is InChI=1S/C16H33N3O/c1-13(2)11-15(12-17(5)6)16(20)19-9-7-18(8-10-19)14(3)4/h13-15H,7-12H2,1-6H3. The Morgan fingerprint density at radius 1 is 1.05 bits per heavy atom. The van der Waals surface area contributed by atoms with Crippen molar-refractivity contribution in [3.8, 4) is 0 Å². The van der Waals surface area contributed by atoms with Crippen LogP contribution in [0.1, 0.15) is 34.1 Å². The lowest BCUT2D eigenvalue weighted by atomic mass is 9.95. The highest BCUT2D eigenvalue weighted by Crippen LogP contribution is 2.17. The molecule has 1 amide bonds. The molecule has 1 aliphatic heterocycles. The van der Waals surface area contributed by atoms with Crippen LogP contribution in [-0.4, -0.2) is 73.5 Å². The highest BCUT2D eigenvalue weighted by atomic mass is 16.2. The summed E-state index contributed by atoms with van der Waals surface area (Å²) in [5, 5.41) is 0. The predicted octanol–water partition coefficient (Wildman–Crippen LogP) is 1.76. The van der Waals surface area contributed by atoms with E-state index in [0.29, 0.717) is 17.9 Å². The van der Waals surface area contributed by atoms with E-state index < -0.39 is 0 Å². The van der Waals surface area contributed by atoms with Gasteiger partial charge in [-0.15, -0.1) is 0 Å². The molecule has 1 rings (SSSR count). The molecule has 1 saturated heterocycles. The molecule has 1 aliphatic rings. The summed E-state index contributed by atoms with van der Waals surface area (Å²) in [5.74, 6) is 1.08. The fourth-order valence-electron chi connectivity index (χ4n) is 2.98. The zero-order chi connectivity index (χ0) is 15.3. The van der Waals surface area contributed by atoms with Gasteiger partial charge in [0.05, 0.1) is 5.92 Å². The van der Waals surface area contributed by atoms with Crippen molar-refractivity contribution < 1.29 is 4.79 Å². The maximum absolute atomic E-state index is 12.7. The summed E-state index contributed by atoms with van der Waals surface area (Å²) in [4.78, 5) is 19.4. The molecule has 0 saturated carbocycles. The fraction of sp³-hybridized carbons (Fsp3) is 0.938. The van der Waals surface area contributed by atoms with Crippen LogP contribution in [0.5, 0.6) is 0 Å². The lowest BCUT2D eigenvalue weighted by Gasteiger charge is -2.38. The van der Waals surface area contributed by atoms with E-state index in [1.165, 1.54) is 0 Å². The fourth-order valence-corrected chi connectivity index (χ4v) is 2.98. The summed E-state index contributed by atoms with van der Waals surface area (Å²) >= 11 is 0. The van der Waals surface area contributed by atoms with Crippen LogP contribution in [-0.2, 0) is 4.79 Å². The molecule has 0 aromatic heterocycles. The highest BCUT2D eigenvalue weighted by Gasteiger charge is 2.28. The first-order valence-corrected chi connectivity index (χ1v) is 7.98. The van der Waals surface area contributed by atoms with Gasteiger partial charge < -0.3 is 9.80 Å². The Balaban J connectivity index is 2.57. The van der Waals surface area contributed by atoms with Gasteiger partial charge in [0.2, 0.25) is 5.91 Å². The smallest absolute Gasteiger partial charge is 0.227 e. The Kier molecular flexibility index (Phi) is 6.96. The molecule has 1 heterocycles. The predicted molar refractivity (Wildman–Crippen MR) is 84.8 cm³/mol. The van der Waals surface area contributed by atoms with Crippen LogP contribution in [0.4, 0.5) is 0 Å². The van der Waals surface area contributed by atoms with Crippen LogP contribution < -0.4 is 0 Å². The number of hydrogen-bond acceptors (Lipinski definition) is 3. The van der Waals surface area contributed by atoms with E-state index in [1.54, 1.807) is 0 Å². The normalized spacial score (nSPS) is 19.1. The summed E-state index contributed by atoms with van der Waals surface area (Å²) in [6.07, 6.45) is 0.988. The Hall–Kier alpha value is -0.610. The number of hydrogen-bond donors (Lipinski definition) is 0. The summed E-state index contributed by atoms with van der Waals surface area (Å²) in [5.41, 5.74) is 0. The number of rotatable bonds is 6. The van der Waals surface area contributed by atoms with Gasteiger partial charge in [-0.05, 0) is 40.3 Å². The molecule has 118 valence electrons. The molecule has 0 bridgehead atoms. The van der Waals surface area contributed by atoms with Gasteiger partial charge in [0.15, 0.2) is 0 Å². The molecule has 20 heavy (non-hydrogen) atoms. The van der Waals surface area contributed by atoms with Crippen molar-refractivity contribution in [3.63, 3.8) is 0 Å². The average molecular weight is 283 g/mol. The van der Waals surface area contributed by atoms with E-state index >= 15 is 0 Å². The number of carbonyl (C=O) groups excluding carboxylic acids is 1. The molecular weight excluding hydrogens is 250 g/mol. The van der Waals surface area contributed by atoms with E-state index in [1.807, 2.05) is 0 Å². The monoisotopic (exact) mass is 283 g/mol. The lowest BCUT2D eigenvalue weighted by molar-refractivity contribution is -0.138. The van der Waals surface area contributed by atoms with Crippen LogP contribution in [0.2, 0.25) is 0 Å². The third kappa shape index (κ3) is 5.41. The maximum atomic E-state index is 12.7. The van der Waals surface area contributed by atoms with E-state index in [-0.39, 0.29) is 5.92 Å². The first-order valence-electron chi connectivity index (χ1n) is 7.98. The number of amides is 1. The third-order valence-electron chi connectivity index (χ3n) is 4.05. The minimum Gasteiger partial charge on any atom is -0.340 e. The first kappa shape index (κ1) is 17.4. The van der Waals surface area contributed by atoms with Gasteiger partial charge in [-0.2, -0.15) is 0 Å². The molecule has 0 aliphatic carbocycles. The van der Waals surface area contributed by atoms with Crippen LogP contribution in [0.15, 0.2) is 0 Å². The molecule has 0 radical (unpaired) electrons. The largest absolute Gasteiger partial charge is 0.340 e. The van der Waals surface area contributed by atoms with Crippen molar-refractivity contribution >= 4 is 5.91 Å². The summed E-state index contributed by atoms with van der Waals surface area (Å²) in [7, 11) is 4.11. The summed E-state index contributed by atoms with van der Waals surface area (Å²) < 4.78 is 0. The minimum absolute atomic E-state index is 0.149. The van der Waals surface area contributed by atoms with Crippen LogP contribution in [0.25, 0.3) is 0 Å². The third-order valence-corrected chi connectivity index (χ3v) is 4.05. The summed E-state index contributed by atoms with van der Waals surface area (Å²) in [6.45, 7) is 13.5. The van der Waals surface area contributed by atoms with Crippen molar-refractivity contribution in [2.75, 3.05) is 46.8 Å². The second kappa shape index (κ2) is 7.99. The van der Waals surface area contributed by atoms with Crippen LogP contribution >= 0.6 is 0 Å². The molecule has 4 nitrogen and oxygen atoms in total. The van der Waals surface area contributed by atoms with Gasteiger partial charge in [0.25, 0.3) is 0 Å². The molecule has 4 heteroatoms. The van der Waals surface area contributed by atoms with Crippen molar-refractivity contribution in [2.45, 2.75) is 40.2 Å². The topological polar surface area (TPSA) is 26.8 Å². The first-order chi connectivity index (χ1) is 9.31. The van der Waals surface area contributed by atoms with E-state index in [9.17, 15) is 4.79 Å². The number of piperazine rings is 1. The quantitative estimate of drug-likeness (QED) is 0.743. The van der Waals surface area contributed by atoms with Gasteiger partial charge in [-0.3, -0.25) is 9.69 Å². The van der Waals surface area contributed by atoms with Crippen molar-refractivity contribution in [3.05, 3.63) is 0 Å². The molecule has 0 spiro atoms. The molecule has 1 fully saturated rings. The Bertz CT molecular complexity index is 284. The maximum Gasteiger partial charge on any atom is 0.227 e. The zero-order valence-electron chi connectivity index (χ0n) is 14.2. The molecule has 0 N–H and O–H groups in total. The van der Waals surface area contributed by atoms with Gasteiger partial charge in [-0.25, -0.2) is 0 Å². The zero-order valence-corrected chi connectivity index (χ0v) is 14.2. The molecule has 1 unspecified atom stereocenters. The van der Waals surface area contributed by atoms with Gasteiger partial charge in [0, 0.05) is 38.8 Å². The van der Waals surface area contributed by atoms with Crippen molar-refractivity contribution in [1.29, 1.82) is 0 Å². The van der Waals surface area contributed by atoms with Crippen LogP contribution in [0, 0.1) is 11.8 Å². The van der Waals surface area contributed by atoms with Gasteiger partial charge >= 0.3 is 0 Å². The minimum atomic E-state index is 0.149. The second-order valence-electron chi connectivity index (χ2n) is 7.04. The average Bonchev–Trinajstić information content (AvgIpc) is 2.36. The summed E-state index contributed by atoms with van der Waals surface area (Å²) in [6, 6.07) is 0.584. The van der Waals surface area contributed by atoms with Crippen LogP contribution in [0.3, 0.4) is 0 Å². The molecule has 0 aromatic carbocycles.